The number of amides is 1. The zero-order valence-corrected chi connectivity index (χ0v) is 15.9. The summed E-state index contributed by atoms with van der Waals surface area (Å²) in [5, 5.41) is 11.4. The molecule has 0 aliphatic carbocycles. The van der Waals surface area contributed by atoms with Gasteiger partial charge in [0.1, 0.15) is 5.76 Å². The van der Waals surface area contributed by atoms with E-state index in [9.17, 15) is 14.7 Å². The second kappa shape index (κ2) is 7.78. The molecule has 2 atom stereocenters. The predicted molar refractivity (Wildman–Crippen MR) is 106 cm³/mol. The Hall–Kier alpha value is -2.63. The van der Waals surface area contributed by atoms with E-state index in [0.717, 1.165) is 12.8 Å². The van der Waals surface area contributed by atoms with Crippen LogP contribution >= 0.6 is 11.6 Å². The number of hydrogen-bond donors (Lipinski definition) is 1. The fourth-order valence-corrected chi connectivity index (χ4v) is 4.09. The standard InChI is InChI=1S/C22H20ClNO4/c23-17-11-5-4-10-16(17)19-18(20(25)14-7-2-1-3-8-14)21(26)22(27)24(19)13-15-9-6-12-28-15/h1-5,7-8,10-11,15,19,25H,6,9,12-13H2/b20-18+. The molecule has 0 aromatic heterocycles. The molecule has 5 nitrogen and oxygen atoms in total. The van der Waals surface area contributed by atoms with Crippen molar-refractivity contribution >= 4 is 29.1 Å². The zero-order valence-electron chi connectivity index (χ0n) is 15.2. The van der Waals surface area contributed by atoms with E-state index in [1.165, 1.54) is 4.90 Å². The quantitative estimate of drug-likeness (QED) is 0.482. The number of hydrogen-bond acceptors (Lipinski definition) is 4. The molecular weight excluding hydrogens is 378 g/mol. The Morgan fingerprint density at radius 3 is 2.50 bits per heavy atom. The van der Waals surface area contributed by atoms with Crippen LogP contribution in [0.4, 0.5) is 0 Å². The number of carbonyl (C=O) groups is 2. The van der Waals surface area contributed by atoms with Gasteiger partial charge in [-0.05, 0) is 24.5 Å². The normalized spacial score (nSPS) is 24.1. The van der Waals surface area contributed by atoms with Gasteiger partial charge in [-0.25, -0.2) is 0 Å². The number of carbonyl (C=O) groups excluding carboxylic acids is 2. The Morgan fingerprint density at radius 1 is 1.11 bits per heavy atom. The molecule has 144 valence electrons. The van der Waals surface area contributed by atoms with E-state index >= 15 is 0 Å². The first-order valence-electron chi connectivity index (χ1n) is 9.28. The molecule has 1 amide bonds. The van der Waals surface area contributed by atoms with Crippen LogP contribution in [0.1, 0.15) is 30.0 Å². The number of ketones is 1. The lowest BCUT2D eigenvalue weighted by atomic mass is 9.95. The molecular formula is C22H20ClNO4. The van der Waals surface area contributed by atoms with Crippen LogP contribution in [-0.2, 0) is 14.3 Å². The molecule has 2 aromatic rings. The van der Waals surface area contributed by atoms with Crippen molar-refractivity contribution in [3.05, 3.63) is 76.3 Å². The van der Waals surface area contributed by atoms with Crippen molar-refractivity contribution in [1.29, 1.82) is 0 Å². The maximum atomic E-state index is 12.9. The largest absolute Gasteiger partial charge is 0.507 e. The van der Waals surface area contributed by atoms with E-state index in [-0.39, 0.29) is 24.0 Å². The molecule has 28 heavy (non-hydrogen) atoms. The number of ether oxygens (including phenoxy) is 1. The summed E-state index contributed by atoms with van der Waals surface area (Å²) in [6.45, 7) is 0.932. The minimum Gasteiger partial charge on any atom is -0.507 e. The lowest BCUT2D eigenvalue weighted by molar-refractivity contribution is -0.140. The van der Waals surface area contributed by atoms with E-state index in [2.05, 4.69) is 0 Å². The lowest BCUT2D eigenvalue weighted by Crippen LogP contribution is -2.36. The van der Waals surface area contributed by atoms with Crippen LogP contribution in [0.5, 0.6) is 0 Å². The molecule has 2 aliphatic rings. The van der Waals surface area contributed by atoms with E-state index in [1.54, 1.807) is 48.5 Å². The summed E-state index contributed by atoms with van der Waals surface area (Å²) in [6.07, 6.45) is 1.63. The van der Waals surface area contributed by atoms with Crippen molar-refractivity contribution in [2.24, 2.45) is 0 Å². The molecule has 2 unspecified atom stereocenters. The van der Waals surface area contributed by atoms with Gasteiger partial charge in [-0.1, -0.05) is 60.1 Å². The van der Waals surface area contributed by atoms with Crippen molar-refractivity contribution in [1.82, 2.24) is 4.90 Å². The third kappa shape index (κ3) is 3.32. The molecule has 2 aromatic carbocycles. The van der Waals surface area contributed by atoms with Crippen LogP contribution in [0, 0.1) is 0 Å². The first-order valence-corrected chi connectivity index (χ1v) is 9.65. The van der Waals surface area contributed by atoms with Gasteiger partial charge in [-0.3, -0.25) is 9.59 Å². The topological polar surface area (TPSA) is 66.8 Å². The fourth-order valence-electron chi connectivity index (χ4n) is 3.85. The summed E-state index contributed by atoms with van der Waals surface area (Å²) < 4.78 is 5.68. The number of likely N-dealkylation sites (tertiary alicyclic amines) is 1. The van der Waals surface area contributed by atoms with Crippen molar-refractivity contribution in [3.63, 3.8) is 0 Å². The second-order valence-corrected chi connectivity index (χ2v) is 7.38. The summed E-state index contributed by atoms with van der Waals surface area (Å²) in [6, 6.07) is 15.1. The summed E-state index contributed by atoms with van der Waals surface area (Å²) >= 11 is 6.41. The maximum Gasteiger partial charge on any atom is 0.295 e. The minimum absolute atomic E-state index is 0.0577. The van der Waals surface area contributed by atoms with Crippen LogP contribution < -0.4 is 0 Å². The monoisotopic (exact) mass is 397 g/mol. The molecule has 6 heteroatoms. The van der Waals surface area contributed by atoms with Crippen molar-refractivity contribution in [2.45, 2.75) is 25.0 Å². The van der Waals surface area contributed by atoms with E-state index in [4.69, 9.17) is 16.3 Å². The van der Waals surface area contributed by atoms with Gasteiger partial charge in [-0.15, -0.1) is 0 Å². The number of aliphatic hydroxyl groups is 1. The van der Waals surface area contributed by atoms with Crippen molar-refractivity contribution in [3.8, 4) is 0 Å². The average Bonchev–Trinajstić information content (AvgIpc) is 3.31. The van der Waals surface area contributed by atoms with E-state index < -0.39 is 17.7 Å². The predicted octanol–water partition coefficient (Wildman–Crippen LogP) is 3.94. The van der Waals surface area contributed by atoms with E-state index in [1.807, 2.05) is 6.07 Å². The number of aliphatic hydroxyl groups excluding tert-OH is 1. The number of Topliss-reactive ketones (excluding diaryl/α,β-unsaturated/α-hetero) is 1. The van der Waals surface area contributed by atoms with E-state index in [0.29, 0.717) is 22.8 Å². The molecule has 0 saturated carbocycles. The van der Waals surface area contributed by atoms with Crippen molar-refractivity contribution in [2.75, 3.05) is 13.2 Å². The number of nitrogens with zero attached hydrogens (tertiary/aromatic N) is 1. The van der Waals surface area contributed by atoms with Crippen LogP contribution in [0.15, 0.2) is 60.2 Å². The van der Waals surface area contributed by atoms with Crippen LogP contribution in [-0.4, -0.2) is 41.0 Å². The highest BCUT2D eigenvalue weighted by Crippen LogP contribution is 2.42. The van der Waals surface area contributed by atoms with Gasteiger partial charge in [0.2, 0.25) is 0 Å². The summed E-state index contributed by atoms with van der Waals surface area (Å²) in [4.78, 5) is 27.3. The average molecular weight is 398 g/mol. The SMILES string of the molecule is O=C1C(=O)N(CC2CCCO2)C(c2ccccc2Cl)/C1=C(\O)c1ccccc1. The van der Waals surface area contributed by atoms with Crippen LogP contribution in [0.2, 0.25) is 5.02 Å². The van der Waals surface area contributed by atoms with Crippen LogP contribution in [0.25, 0.3) is 5.76 Å². The number of halogens is 1. The van der Waals surface area contributed by atoms with Gasteiger partial charge in [0.15, 0.2) is 0 Å². The summed E-state index contributed by atoms with van der Waals surface area (Å²) in [7, 11) is 0. The Labute approximate surface area is 168 Å². The highest BCUT2D eigenvalue weighted by atomic mass is 35.5. The first-order chi connectivity index (χ1) is 13.6. The summed E-state index contributed by atoms with van der Waals surface area (Å²) in [5.74, 6) is -1.54. The Bertz CT molecular complexity index is 935. The maximum absolute atomic E-state index is 12.9. The van der Waals surface area contributed by atoms with Gasteiger partial charge in [0.25, 0.3) is 11.7 Å². The molecule has 2 aliphatic heterocycles. The third-order valence-electron chi connectivity index (χ3n) is 5.21. The highest BCUT2D eigenvalue weighted by Gasteiger charge is 2.47. The molecule has 0 radical (unpaired) electrons. The van der Waals surface area contributed by atoms with Gasteiger partial charge in [0.05, 0.1) is 17.7 Å². The van der Waals surface area contributed by atoms with Crippen LogP contribution in [0.3, 0.4) is 0 Å². The molecule has 2 heterocycles. The molecule has 2 fully saturated rings. The van der Waals surface area contributed by atoms with Gasteiger partial charge in [-0.2, -0.15) is 0 Å². The molecule has 1 N–H and O–H groups in total. The zero-order chi connectivity index (χ0) is 19.7. The first kappa shape index (κ1) is 18.7. The Morgan fingerprint density at radius 2 is 1.82 bits per heavy atom. The molecule has 2 saturated heterocycles. The van der Waals surface area contributed by atoms with Gasteiger partial charge in [0, 0.05) is 23.7 Å². The minimum atomic E-state index is -0.752. The number of benzene rings is 2. The summed E-state index contributed by atoms with van der Waals surface area (Å²) in [5.41, 5.74) is 1.15. The Kier molecular flexibility index (Phi) is 5.20. The number of rotatable bonds is 4. The molecule has 4 rings (SSSR count). The van der Waals surface area contributed by atoms with Gasteiger partial charge < -0.3 is 14.7 Å². The van der Waals surface area contributed by atoms with Crippen molar-refractivity contribution < 1.29 is 19.4 Å². The highest BCUT2D eigenvalue weighted by molar-refractivity contribution is 6.47. The third-order valence-corrected chi connectivity index (χ3v) is 5.56. The fraction of sp³-hybridized carbons (Fsp3) is 0.273. The molecule has 0 bridgehead atoms. The lowest BCUT2D eigenvalue weighted by Gasteiger charge is -2.28. The van der Waals surface area contributed by atoms with Gasteiger partial charge >= 0.3 is 0 Å². The second-order valence-electron chi connectivity index (χ2n) is 6.97. The molecule has 0 spiro atoms. The Balaban J connectivity index is 1.84. The smallest absolute Gasteiger partial charge is 0.295 e.